The van der Waals surface area contributed by atoms with E-state index in [2.05, 4.69) is 15.6 Å². The Morgan fingerprint density at radius 1 is 1.43 bits per heavy atom. The summed E-state index contributed by atoms with van der Waals surface area (Å²) in [5, 5.41) is 11.1. The Labute approximate surface area is 140 Å². The minimum Gasteiger partial charge on any atom is -0.328 e. The van der Waals surface area contributed by atoms with Crippen LogP contribution in [0.4, 0.5) is 4.39 Å². The van der Waals surface area contributed by atoms with Gasteiger partial charge in [0.1, 0.15) is 5.82 Å². The highest BCUT2D eigenvalue weighted by molar-refractivity contribution is 5.93. The van der Waals surface area contributed by atoms with E-state index in [1.54, 1.807) is 22.7 Å². The van der Waals surface area contributed by atoms with Crippen LogP contribution < -0.4 is 5.32 Å². The molecule has 23 heavy (non-hydrogen) atoms. The molecule has 0 spiro atoms. The highest BCUT2D eigenvalue weighted by Crippen LogP contribution is 2.24. The van der Waals surface area contributed by atoms with Crippen molar-refractivity contribution >= 4 is 18.3 Å². The summed E-state index contributed by atoms with van der Waals surface area (Å²) in [7, 11) is 1.75. The number of amides is 1. The molecule has 1 aliphatic rings. The maximum Gasteiger partial charge on any atom is 0.276 e. The average Bonchev–Trinajstić information content (AvgIpc) is 2.86. The molecule has 0 aliphatic carbocycles. The number of halogens is 2. The van der Waals surface area contributed by atoms with Crippen molar-refractivity contribution in [3.8, 4) is 0 Å². The third-order valence-corrected chi connectivity index (χ3v) is 4.05. The Bertz CT molecular complexity index is 705. The van der Waals surface area contributed by atoms with Gasteiger partial charge < -0.3 is 10.2 Å². The van der Waals surface area contributed by atoms with Crippen LogP contribution in [0.5, 0.6) is 0 Å². The van der Waals surface area contributed by atoms with E-state index in [-0.39, 0.29) is 30.2 Å². The van der Waals surface area contributed by atoms with Crippen molar-refractivity contribution < 1.29 is 9.18 Å². The quantitative estimate of drug-likeness (QED) is 0.900. The Morgan fingerprint density at radius 3 is 2.87 bits per heavy atom. The summed E-state index contributed by atoms with van der Waals surface area (Å²) < 4.78 is 15.1. The van der Waals surface area contributed by atoms with Crippen molar-refractivity contribution in [1.82, 2.24) is 25.2 Å². The third-order valence-electron chi connectivity index (χ3n) is 4.05. The van der Waals surface area contributed by atoms with Crippen molar-refractivity contribution in [3.05, 3.63) is 47.0 Å². The van der Waals surface area contributed by atoms with E-state index >= 15 is 0 Å². The van der Waals surface area contributed by atoms with Gasteiger partial charge in [0.15, 0.2) is 5.69 Å². The Kier molecular flexibility index (Phi) is 5.33. The van der Waals surface area contributed by atoms with Gasteiger partial charge in [0, 0.05) is 26.7 Å². The number of aromatic nitrogens is 3. The summed E-state index contributed by atoms with van der Waals surface area (Å²) >= 11 is 0. The molecule has 1 aromatic carbocycles. The Balaban J connectivity index is 0.00000192. The number of aryl methyl sites for hydroxylation is 1. The third kappa shape index (κ3) is 3.35. The molecule has 2 aromatic rings. The van der Waals surface area contributed by atoms with Crippen LogP contribution in [0.15, 0.2) is 24.3 Å². The maximum absolute atomic E-state index is 13.5. The maximum atomic E-state index is 13.5. The number of hydrogen-bond donors (Lipinski definition) is 1. The van der Waals surface area contributed by atoms with Crippen LogP contribution in [0, 0.1) is 12.7 Å². The average molecular weight is 340 g/mol. The lowest BCUT2D eigenvalue weighted by atomic mass is 10.0. The first-order valence-corrected chi connectivity index (χ1v) is 7.21. The summed E-state index contributed by atoms with van der Waals surface area (Å²) in [6.45, 7) is 3.66. The zero-order chi connectivity index (χ0) is 15.7. The van der Waals surface area contributed by atoms with Crippen molar-refractivity contribution in [2.24, 2.45) is 7.05 Å². The summed E-state index contributed by atoms with van der Waals surface area (Å²) in [5.74, 6) is -0.465. The fourth-order valence-electron chi connectivity index (χ4n) is 2.70. The first kappa shape index (κ1) is 17.4. The summed E-state index contributed by atoms with van der Waals surface area (Å²) in [6, 6.07) is 6.17. The molecular formula is C15H19ClFN5O. The van der Waals surface area contributed by atoms with Gasteiger partial charge in [-0.15, -0.1) is 17.5 Å². The van der Waals surface area contributed by atoms with Gasteiger partial charge >= 0.3 is 0 Å². The molecule has 1 N–H and O–H groups in total. The zero-order valence-corrected chi connectivity index (χ0v) is 13.8. The van der Waals surface area contributed by atoms with Gasteiger partial charge in [-0.3, -0.25) is 9.48 Å². The molecule has 2 heterocycles. The van der Waals surface area contributed by atoms with Crippen LogP contribution in [0.2, 0.25) is 0 Å². The van der Waals surface area contributed by atoms with E-state index in [4.69, 9.17) is 0 Å². The van der Waals surface area contributed by atoms with Gasteiger partial charge in [-0.1, -0.05) is 17.3 Å². The number of nitrogens with zero attached hydrogens (tertiary/aromatic N) is 4. The lowest BCUT2D eigenvalue weighted by molar-refractivity contribution is 0.0627. The van der Waals surface area contributed by atoms with E-state index in [0.29, 0.717) is 25.3 Å². The molecule has 0 bridgehead atoms. The number of carbonyl (C=O) groups excluding carboxylic acids is 1. The highest BCUT2D eigenvalue weighted by atomic mass is 35.5. The second kappa shape index (κ2) is 7.06. The lowest BCUT2D eigenvalue weighted by Crippen LogP contribution is -2.49. The molecule has 1 aliphatic heterocycles. The number of carbonyl (C=O) groups is 1. The predicted molar refractivity (Wildman–Crippen MR) is 86.0 cm³/mol. The summed E-state index contributed by atoms with van der Waals surface area (Å²) in [6.07, 6.45) is 0. The smallest absolute Gasteiger partial charge is 0.276 e. The largest absolute Gasteiger partial charge is 0.328 e. The van der Waals surface area contributed by atoms with Crippen LogP contribution >= 0.6 is 12.4 Å². The molecule has 0 saturated carbocycles. The normalized spacial score (nSPS) is 17.7. The molecule has 8 heteroatoms. The second-order valence-electron chi connectivity index (χ2n) is 5.42. The van der Waals surface area contributed by atoms with Crippen LogP contribution in [-0.4, -0.2) is 45.4 Å². The van der Waals surface area contributed by atoms with Crippen LogP contribution in [0.1, 0.15) is 27.8 Å². The SMILES string of the molecule is Cc1c(C(=O)N2CCNCC2c2cccc(F)c2)nnn1C.Cl. The number of rotatable bonds is 2. The second-order valence-corrected chi connectivity index (χ2v) is 5.42. The molecule has 1 saturated heterocycles. The number of benzene rings is 1. The van der Waals surface area contributed by atoms with E-state index in [1.807, 2.05) is 13.0 Å². The minimum atomic E-state index is -0.300. The van der Waals surface area contributed by atoms with Gasteiger partial charge in [0.05, 0.1) is 11.7 Å². The lowest BCUT2D eigenvalue weighted by Gasteiger charge is -2.36. The monoisotopic (exact) mass is 339 g/mol. The molecular weight excluding hydrogens is 321 g/mol. The standard InChI is InChI=1S/C15H18FN5O.ClH/c1-10-14(18-19-20(10)2)15(22)21-7-6-17-9-13(21)11-4-3-5-12(16)8-11;/h3-5,8,13,17H,6-7,9H2,1-2H3;1H. The van der Waals surface area contributed by atoms with Gasteiger partial charge in [0.25, 0.3) is 5.91 Å². The Hall–Kier alpha value is -1.99. The van der Waals surface area contributed by atoms with Gasteiger partial charge in [0.2, 0.25) is 0 Å². The molecule has 1 aromatic heterocycles. The van der Waals surface area contributed by atoms with Gasteiger partial charge in [-0.25, -0.2) is 4.39 Å². The number of piperazine rings is 1. The Morgan fingerprint density at radius 2 is 2.22 bits per heavy atom. The number of nitrogens with one attached hydrogen (secondary N) is 1. The summed E-state index contributed by atoms with van der Waals surface area (Å²) in [5.41, 5.74) is 1.86. The first-order valence-electron chi connectivity index (χ1n) is 7.21. The van der Waals surface area contributed by atoms with Crippen LogP contribution in [-0.2, 0) is 7.05 Å². The van der Waals surface area contributed by atoms with Gasteiger partial charge in [-0.05, 0) is 24.6 Å². The molecule has 1 atom stereocenters. The number of hydrogen-bond acceptors (Lipinski definition) is 4. The fraction of sp³-hybridized carbons (Fsp3) is 0.400. The minimum absolute atomic E-state index is 0. The molecule has 124 valence electrons. The first-order chi connectivity index (χ1) is 10.6. The van der Waals surface area contributed by atoms with Crippen molar-refractivity contribution in [2.45, 2.75) is 13.0 Å². The summed E-state index contributed by atoms with van der Waals surface area (Å²) in [4.78, 5) is 14.5. The van der Waals surface area contributed by atoms with E-state index in [9.17, 15) is 9.18 Å². The predicted octanol–water partition coefficient (Wildman–Crippen LogP) is 1.47. The van der Waals surface area contributed by atoms with Crippen molar-refractivity contribution in [1.29, 1.82) is 0 Å². The van der Waals surface area contributed by atoms with E-state index in [0.717, 1.165) is 11.3 Å². The van der Waals surface area contributed by atoms with Crippen LogP contribution in [0.3, 0.4) is 0 Å². The topological polar surface area (TPSA) is 63.1 Å². The van der Waals surface area contributed by atoms with Crippen molar-refractivity contribution in [3.63, 3.8) is 0 Å². The molecule has 6 nitrogen and oxygen atoms in total. The molecule has 3 rings (SSSR count). The van der Waals surface area contributed by atoms with Crippen LogP contribution in [0.25, 0.3) is 0 Å². The van der Waals surface area contributed by atoms with E-state index < -0.39 is 0 Å². The van der Waals surface area contributed by atoms with Gasteiger partial charge in [-0.2, -0.15) is 0 Å². The molecule has 0 radical (unpaired) electrons. The molecule has 1 amide bonds. The van der Waals surface area contributed by atoms with E-state index in [1.165, 1.54) is 12.1 Å². The molecule has 1 unspecified atom stereocenters. The highest BCUT2D eigenvalue weighted by Gasteiger charge is 2.31. The van der Waals surface area contributed by atoms with Crippen molar-refractivity contribution in [2.75, 3.05) is 19.6 Å². The molecule has 1 fully saturated rings. The zero-order valence-electron chi connectivity index (χ0n) is 13.0. The fourth-order valence-corrected chi connectivity index (χ4v) is 2.70.